The largest absolute Gasteiger partial charge is 0.339 e. The van der Waals surface area contributed by atoms with Crippen LogP contribution in [0.15, 0.2) is 17.5 Å². The third kappa shape index (κ3) is 4.78. The summed E-state index contributed by atoms with van der Waals surface area (Å²) in [7, 11) is -3.07. The first-order valence-corrected chi connectivity index (χ1v) is 8.77. The SMILES string of the molecule is CCN(C(=O)Cc1cccs1)C(C)CS(C)(=O)=O. The molecule has 0 aliphatic carbocycles. The number of thiophene rings is 1. The Kier molecular flexibility index (Phi) is 5.34. The van der Waals surface area contributed by atoms with E-state index in [1.54, 1.807) is 11.8 Å². The Morgan fingerprint density at radius 3 is 2.61 bits per heavy atom. The highest BCUT2D eigenvalue weighted by Crippen LogP contribution is 2.12. The van der Waals surface area contributed by atoms with Crippen LogP contribution in [0.25, 0.3) is 0 Å². The molecule has 1 amide bonds. The van der Waals surface area contributed by atoms with Crippen molar-refractivity contribution in [3.05, 3.63) is 22.4 Å². The molecule has 1 heterocycles. The summed E-state index contributed by atoms with van der Waals surface area (Å²) in [4.78, 5) is 14.7. The molecule has 0 saturated carbocycles. The van der Waals surface area contributed by atoms with E-state index in [0.717, 1.165) is 4.88 Å². The Hall–Kier alpha value is -0.880. The van der Waals surface area contributed by atoms with Crippen molar-refractivity contribution in [2.24, 2.45) is 0 Å². The zero-order valence-electron chi connectivity index (χ0n) is 10.9. The lowest BCUT2D eigenvalue weighted by Crippen LogP contribution is -2.42. The second kappa shape index (κ2) is 6.33. The summed E-state index contributed by atoms with van der Waals surface area (Å²) in [5, 5.41) is 1.93. The maximum absolute atomic E-state index is 12.1. The lowest BCUT2D eigenvalue weighted by Gasteiger charge is -2.27. The monoisotopic (exact) mass is 289 g/mol. The highest BCUT2D eigenvalue weighted by molar-refractivity contribution is 7.90. The minimum absolute atomic E-state index is 0.0109. The second-order valence-electron chi connectivity index (χ2n) is 4.38. The van der Waals surface area contributed by atoms with Crippen molar-refractivity contribution in [2.45, 2.75) is 26.3 Å². The third-order valence-corrected chi connectivity index (χ3v) is 4.61. The molecule has 0 spiro atoms. The maximum Gasteiger partial charge on any atom is 0.228 e. The number of hydrogen-bond donors (Lipinski definition) is 0. The lowest BCUT2D eigenvalue weighted by molar-refractivity contribution is -0.131. The van der Waals surface area contributed by atoms with E-state index in [4.69, 9.17) is 0 Å². The van der Waals surface area contributed by atoms with Crippen molar-refractivity contribution in [2.75, 3.05) is 18.6 Å². The van der Waals surface area contributed by atoms with Crippen LogP contribution < -0.4 is 0 Å². The Bertz CT molecular complexity index is 479. The average Bonchev–Trinajstić information content (AvgIpc) is 2.68. The van der Waals surface area contributed by atoms with E-state index >= 15 is 0 Å². The van der Waals surface area contributed by atoms with Gasteiger partial charge in [-0.25, -0.2) is 8.42 Å². The van der Waals surface area contributed by atoms with E-state index in [1.165, 1.54) is 17.6 Å². The predicted molar refractivity (Wildman–Crippen MR) is 74.6 cm³/mol. The molecule has 1 unspecified atom stereocenters. The molecule has 0 fully saturated rings. The van der Waals surface area contributed by atoms with Crippen molar-refractivity contribution in [3.8, 4) is 0 Å². The van der Waals surface area contributed by atoms with Crippen LogP contribution in [0.1, 0.15) is 18.7 Å². The van der Waals surface area contributed by atoms with Crippen LogP contribution >= 0.6 is 11.3 Å². The van der Waals surface area contributed by atoms with Crippen LogP contribution in [-0.2, 0) is 21.1 Å². The Balaban J connectivity index is 2.67. The van der Waals surface area contributed by atoms with Gasteiger partial charge >= 0.3 is 0 Å². The average molecular weight is 289 g/mol. The fourth-order valence-electron chi connectivity index (χ4n) is 1.93. The number of sulfone groups is 1. The van der Waals surface area contributed by atoms with Gasteiger partial charge in [0.15, 0.2) is 0 Å². The highest BCUT2D eigenvalue weighted by atomic mass is 32.2. The lowest BCUT2D eigenvalue weighted by atomic mass is 10.2. The number of hydrogen-bond acceptors (Lipinski definition) is 4. The topological polar surface area (TPSA) is 54.5 Å². The van der Waals surface area contributed by atoms with Gasteiger partial charge in [0.1, 0.15) is 9.84 Å². The van der Waals surface area contributed by atoms with Gasteiger partial charge in [-0.2, -0.15) is 0 Å². The Labute approximate surface area is 113 Å². The van der Waals surface area contributed by atoms with Gasteiger partial charge in [-0.05, 0) is 25.3 Å². The van der Waals surface area contributed by atoms with Gasteiger partial charge in [-0.1, -0.05) is 6.07 Å². The van der Waals surface area contributed by atoms with Crippen LogP contribution in [0.2, 0.25) is 0 Å². The van der Waals surface area contributed by atoms with Crippen LogP contribution in [0.3, 0.4) is 0 Å². The number of carbonyl (C=O) groups excluding carboxylic acids is 1. The number of amides is 1. The normalized spacial score (nSPS) is 13.3. The summed E-state index contributed by atoms with van der Waals surface area (Å²) in [6, 6.07) is 3.54. The van der Waals surface area contributed by atoms with Gasteiger partial charge < -0.3 is 4.90 Å². The zero-order chi connectivity index (χ0) is 13.8. The molecule has 0 bridgehead atoms. The molecular weight excluding hydrogens is 270 g/mol. The summed E-state index contributed by atoms with van der Waals surface area (Å²) in [6.45, 7) is 4.17. The van der Waals surface area contributed by atoms with Crippen molar-refractivity contribution < 1.29 is 13.2 Å². The molecule has 0 aliphatic rings. The van der Waals surface area contributed by atoms with Crippen LogP contribution in [0, 0.1) is 0 Å². The van der Waals surface area contributed by atoms with E-state index in [-0.39, 0.29) is 17.7 Å². The highest BCUT2D eigenvalue weighted by Gasteiger charge is 2.22. The number of rotatable bonds is 6. The molecule has 4 nitrogen and oxygen atoms in total. The summed E-state index contributed by atoms with van der Waals surface area (Å²) in [5.74, 6) is -0.00657. The number of carbonyl (C=O) groups is 1. The van der Waals surface area contributed by atoms with Crippen LogP contribution in [0.4, 0.5) is 0 Å². The first-order valence-electron chi connectivity index (χ1n) is 5.83. The summed E-state index contributed by atoms with van der Waals surface area (Å²) in [6.07, 6.45) is 1.54. The first-order chi connectivity index (χ1) is 8.33. The molecule has 1 aromatic heterocycles. The molecule has 102 valence electrons. The minimum Gasteiger partial charge on any atom is -0.339 e. The third-order valence-electron chi connectivity index (χ3n) is 2.64. The van der Waals surface area contributed by atoms with Crippen LogP contribution in [0.5, 0.6) is 0 Å². The molecule has 18 heavy (non-hydrogen) atoms. The molecule has 0 saturated heterocycles. The fourth-order valence-corrected chi connectivity index (χ4v) is 3.68. The zero-order valence-corrected chi connectivity index (χ0v) is 12.6. The molecule has 1 aromatic rings. The molecule has 0 aliphatic heterocycles. The number of likely N-dealkylation sites (N-methyl/N-ethyl adjacent to an activating group) is 1. The predicted octanol–water partition coefficient (Wildman–Crippen LogP) is 1.57. The fraction of sp³-hybridized carbons (Fsp3) is 0.583. The van der Waals surface area contributed by atoms with Crippen molar-refractivity contribution in [1.82, 2.24) is 4.90 Å². The summed E-state index contributed by atoms with van der Waals surface area (Å²) in [5.41, 5.74) is 0. The molecule has 1 atom stereocenters. The molecule has 1 rings (SSSR count). The van der Waals surface area contributed by atoms with Gasteiger partial charge in [0.05, 0.1) is 12.2 Å². The Morgan fingerprint density at radius 2 is 2.17 bits per heavy atom. The van der Waals surface area contributed by atoms with E-state index in [0.29, 0.717) is 13.0 Å². The molecule has 0 N–H and O–H groups in total. The van der Waals surface area contributed by atoms with Gasteiger partial charge in [0, 0.05) is 23.7 Å². The van der Waals surface area contributed by atoms with Crippen molar-refractivity contribution >= 4 is 27.1 Å². The molecule has 6 heteroatoms. The Morgan fingerprint density at radius 1 is 1.50 bits per heavy atom. The first kappa shape index (κ1) is 15.2. The van der Waals surface area contributed by atoms with E-state index in [2.05, 4.69) is 0 Å². The summed E-state index contributed by atoms with van der Waals surface area (Å²) < 4.78 is 22.5. The van der Waals surface area contributed by atoms with Gasteiger partial charge in [-0.3, -0.25) is 4.79 Å². The summed E-state index contributed by atoms with van der Waals surface area (Å²) >= 11 is 1.54. The standard InChI is InChI=1S/C12H19NO3S2/c1-4-13(10(2)9-18(3,15)16)12(14)8-11-6-5-7-17-11/h5-7,10H,4,8-9H2,1-3H3. The second-order valence-corrected chi connectivity index (χ2v) is 7.59. The van der Waals surface area contributed by atoms with Gasteiger partial charge in [-0.15, -0.1) is 11.3 Å². The quantitative estimate of drug-likeness (QED) is 0.799. The van der Waals surface area contributed by atoms with Gasteiger partial charge in [0.2, 0.25) is 5.91 Å². The minimum atomic E-state index is -3.07. The van der Waals surface area contributed by atoms with Gasteiger partial charge in [0.25, 0.3) is 0 Å². The van der Waals surface area contributed by atoms with E-state index in [9.17, 15) is 13.2 Å². The van der Waals surface area contributed by atoms with E-state index < -0.39 is 9.84 Å². The molecule has 0 radical (unpaired) electrons. The smallest absolute Gasteiger partial charge is 0.228 e. The maximum atomic E-state index is 12.1. The van der Waals surface area contributed by atoms with E-state index in [1.807, 2.05) is 24.4 Å². The van der Waals surface area contributed by atoms with Crippen molar-refractivity contribution in [3.63, 3.8) is 0 Å². The number of nitrogens with zero attached hydrogens (tertiary/aromatic N) is 1. The molecular formula is C12H19NO3S2. The molecule has 0 aromatic carbocycles. The van der Waals surface area contributed by atoms with Crippen molar-refractivity contribution in [1.29, 1.82) is 0 Å². The van der Waals surface area contributed by atoms with Crippen LogP contribution in [-0.4, -0.2) is 43.8 Å².